The van der Waals surface area contributed by atoms with E-state index in [0.717, 1.165) is 18.7 Å². The predicted molar refractivity (Wildman–Crippen MR) is 65.8 cm³/mol. The van der Waals surface area contributed by atoms with Gasteiger partial charge in [0.1, 0.15) is 5.82 Å². The lowest BCUT2D eigenvalue weighted by Crippen LogP contribution is -2.22. The number of aryl methyl sites for hydroxylation is 1. The summed E-state index contributed by atoms with van der Waals surface area (Å²) in [6.45, 7) is 5.93. The summed E-state index contributed by atoms with van der Waals surface area (Å²) in [5.74, 6) is -0.159. The molecule has 1 aromatic carbocycles. The topological polar surface area (TPSA) is 12.0 Å². The second-order valence-electron chi connectivity index (χ2n) is 3.75. The fourth-order valence-electron chi connectivity index (χ4n) is 1.35. The molecule has 15 heavy (non-hydrogen) atoms. The van der Waals surface area contributed by atoms with Crippen LogP contribution in [0.15, 0.2) is 18.2 Å². The van der Waals surface area contributed by atoms with Crippen LogP contribution in [0.25, 0.3) is 0 Å². The first-order chi connectivity index (χ1) is 7.13. The van der Waals surface area contributed by atoms with E-state index in [1.165, 1.54) is 11.6 Å². The first-order valence-electron chi connectivity index (χ1n) is 5.12. The zero-order valence-electron chi connectivity index (χ0n) is 9.51. The fourth-order valence-corrected chi connectivity index (χ4v) is 1.64. The Bertz CT molecular complexity index is 314. The Balaban J connectivity index is 2.44. The lowest BCUT2D eigenvalue weighted by molar-refractivity contribution is 0.623. The Labute approximate surface area is 95.5 Å². The molecule has 0 amide bonds. The lowest BCUT2D eigenvalue weighted by Gasteiger charge is -2.11. The Morgan fingerprint density at radius 2 is 2.20 bits per heavy atom. The third-order valence-corrected chi connectivity index (χ3v) is 3.43. The monoisotopic (exact) mass is 227 g/mol. The van der Waals surface area contributed by atoms with Gasteiger partial charge in [-0.05, 0) is 36.4 Å². The van der Waals surface area contributed by atoms with E-state index in [1.54, 1.807) is 6.07 Å². The summed E-state index contributed by atoms with van der Waals surface area (Å²) < 4.78 is 12.8. The minimum atomic E-state index is -0.159. The molecule has 0 heterocycles. The van der Waals surface area contributed by atoms with Gasteiger partial charge in [-0.25, -0.2) is 4.39 Å². The van der Waals surface area contributed by atoms with E-state index in [0.29, 0.717) is 5.25 Å². The summed E-state index contributed by atoms with van der Waals surface area (Å²) in [6.07, 6.45) is 2.11. The Kier molecular flexibility index (Phi) is 5.12. The van der Waals surface area contributed by atoms with Gasteiger partial charge in [0.15, 0.2) is 0 Å². The maximum Gasteiger partial charge on any atom is 0.123 e. The van der Waals surface area contributed by atoms with Gasteiger partial charge in [0.05, 0.1) is 0 Å². The van der Waals surface area contributed by atoms with Crippen molar-refractivity contribution in [2.75, 3.05) is 12.8 Å². The van der Waals surface area contributed by atoms with Crippen molar-refractivity contribution in [3.8, 4) is 0 Å². The van der Waals surface area contributed by atoms with Crippen molar-refractivity contribution in [3.63, 3.8) is 0 Å². The van der Waals surface area contributed by atoms with Crippen molar-refractivity contribution in [1.29, 1.82) is 0 Å². The molecule has 0 fully saturated rings. The molecule has 1 atom stereocenters. The van der Waals surface area contributed by atoms with Crippen molar-refractivity contribution in [1.82, 2.24) is 5.32 Å². The van der Waals surface area contributed by atoms with Crippen molar-refractivity contribution < 1.29 is 4.39 Å². The third-order valence-electron chi connectivity index (χ3n) is 2.45. The van der Waals surface area contributed by atoms with Crippen LogP contribution in [-0.2, 0) is 6.54 Å². The molecular weight excluding hydrogens is 209 g/mol. The van der Waals surface area contributed by atoms with Gasteiger partial charge in [0.25, 0.3) is 0 Å². The highest BCUT2D eigenvalue weighted by Crippen LogP contribution is 2.10. The summed E-state index contributed by atoms with van der Waals surface area (Å²) in [6, 6.07) is 4.94. The van der Waals surface area contributed by atoms with E-state index in [4.69, 9.17) is 0 Å². The number of halogens is 1. The molecule has 1 N–H and O–H groups in total. The summed E-state index contributed by atoms with van der Waals surface area (Å²) in [5.41, 5.74) is 2.18. The van der Waals surface area contributed by atoms with E-state index in [-0.39, 0.29) is 5.82 Å². The van der Waals surface area contributed by atoms with Crippen LogP contribution in [0.5, 0.6) is 0 Å². The van der Waals surface area contributed by atoms with Gasteiger partial charge in [0, 0.05) is 18.3 Å². The number of benzene rings is 1. The number of hydrogen-bond donors (Lipinski definition) is 1. The molecule has 0 spiro atoms. The van der Waals surface area contributed by atoms with Crippen molar-refractivity contribution >= 4 is 11.8 Å². The Hall–Kier alpha value is -0.540. The third kappa shape index (κ3) is 4.22. The maximum absolute atomic E-state index is 12.8. The van der Waals surface area contributed by atoms with E-state index in [1.807, 2.05) is 24.8 Å². The second kappa shape index (κ2) is 6.13. The predicted octanol–water partition coefficient (Wildman–Crippen LogP) is 2.98. The van der Waals surface area contributed by atoms with Crippen LogP contribution in [0.3, 0.4) is 0 Å². The molecule has 1 aromatic rings. The highest BCUT2D eigenvalue weighted by Gasteiger charge is 2.01. The molecule has 0 bridgehead atoms. The first-order valence-corrected chi connectivity index (χ1v) is 6.41. The molecule has 3 heteroatoms. The van der Waals surface area contributed by atoms with Crippen LogP contribution >= 0.6 is 11.8 Å². The molecule has 84 valence electrons. The molecule has 0 aromatic heterocycles. The number of thioether (sulfide) groups is 1. The van der Waals surface area contributed by atoms with Crippen molar-refractivity contribution in [2.24, 2.45) is 0 Å². The smallest absolute Gasteiger partial charge is 0.123 e. The van der Waals surface area contributed by atoms with Gasteiger partial charge >= 0.3 is 0 Å². The van der Waals surface area contributed by atoms with Crippen LogP contribution in [-0.4, -0.2) is 18.1 Å². The zero-order valence-corrected chi connectivity index (χ0v) is 10.3. The summed E-state index contributed by atoms with van der Waals surface area (Å²) in [5, 5.41) is 3.99. The van der Waals surface area contributed by atoms with Crippen LogP contribution < -0.4 is 5.32 Å². The van der Waals surface area contributed by atoms with E-state index >= 15 is 0 Å². The van der Waals surface area contributed by atoms with Gasteiger partial charge < -0.3 is 5.32 Å². The fraction of sp³-hybridized carbons (Fsp3) is 0.500. The van der Waals surface area contributed by atoms with E-state index < -0.39 is 0 Å². The van der Waals surface area contributed by atoms with Crippen molar-refractivity contribution in [2.45, 2.75) is 25.6 Å². The number of hydrogen-bond acceptors (Lipinski definition) is 2. The summed E-state index contributed by atoms with van der Waals surface area (Å²) in [7, 11) is 0. The average Bonchev–Trinajstić information content (AvgIpc) is 2.21. The quantitative estimate of drug-likeness (QED) is 0.830. The van der Waals surface area contributed by atoms with Crippen LogP contribution in [0.4, 0.5) is 4.39 Å². The standard InChI is InChI=1S/C12H18FNS/c1-9-6-12(13)5-4-11(9)8-14-7-10(2)15-3/h4-6,10,14H,7-8H2,1-3H3. The van der Waals surface area contributed by atoms with Gasteiger partial charge in [0.2, 0.25) is 0 Å². The van der Waals surface area contributed by atoms with Crippen LogP contribution in [0, 0.1) is 12.7 Å². The summed E-state index contributed by atoms with van der Waals surface area (Å²) >= 11 is 1.84. The minimum absolute atomic E-state index is 0.159. The minimum Gasteiger partial charge on any atom is -0.312 e. The van der Waals surface area contributed by atoms with Gasteiger partial charge in [-0.15, -0.1) is 0 Å². The molecule has 1 nitrogen and oxygen atoms in total. The van der Waals surface area contributed by atoms with Gasteiger partial charge in [-0.3, -0.25) is 0 Å². The Morgan fingerprint density at radius 3 is 2.80 bits per heavy atom. The highest BCUT2D eigenvalue weighted by molar-refractivity contribution is 7.99. The van der Waals surface area contributed by atoms with E-state index in [2.05, 4.69) is 18.5 Å². The number of nitrogens with one attached hydrogen (secondary N) is 1. The molecule has 0 saturated heterocycles. The second-order valence-corrected chi connectivity index (χ2v) is 5.02. The maximum atomic E-state index is 12.8. The molecule has 0 saturated carbocycles. The van der Waals surface area contributed by atoms with Crippen molar-refractivity contribution in [3.05, 3.63) is 35.1 Å². The van der Waals surface area contributed by atoms with Crippen LogP contribution in [0.2, 0.25) is 0 Å². The summed E-state index contributed by atoms with van der Waals surface area (Å²) in [4.78, 5) is 0. The Morgan fingerprint density at radius 1 is 1.47 bits per heavy atom. The van der Waals surface area contributed by atoms with Crippen LogP contribution in [0.1, 0.15) is 18.1 Å². The molecule has 0 radical (unpaired) electrons. The molecule has 0 aliphatic heterocycles. The molecule has 1 rings (SSSR count). The molecular formula is C12H18FNS. The zero-order chi connectivity index (χ0) is 11.3. The van der Waals surface area contributed by atoms with Gasteiger partial charge in [-0.2, -0.15) is 11.8 Å². The van der Waals surface area contributed by atoms with Gasteiger partial charge in [-0.1, -0.05) is 13.0 Å². The molecule has 0 aliphatic rings. The average molecular weight is 227 g/mol. The largest absolute Gasteiger partial charge is 0.312 e. The first kappa shape index (κ1) is 12.5. The molecule has 1 unspecified atom stereocenters. The normalized spacial score (nSPS) is 12.8. The van der Waals surface area contributed by atoms with E-state index in [9.17, 15) is 4.39 Å². The highest BCUT2D eigenvalue weighted by atomic mass is 32.2. The lowest BCUT2D eigenvalue weighted by atomic mass is 10.1. The SMILES string of the molecule is CSC(C)CNCc1ccc(F)cc1C. The molecule has 0 aliphatic carbocycles. The number of rotatable bonds is 5.